The molecule has 3 rings (SSSR count). The van der Waals surface area contributed by atoms with Gasteiger partial charge in [-0.05, 0) is 49.5 Å². The highest BCUT2D eigenvalue weighted by Crippen LogP contribution is 2.34. The van der Waals surface area contributed by atoms with E-state index in [1.54, 1.807) is 0 Å². The molecule has 0 spiro atoms. The first-order valence-corrected chi connectivity index (χ1v) is 8.96. The largest absolute Gasteiger partial charge is 0.383 e. The van der Waals surface area contributed by atoms with Gasteiger partial charge >= 0.3 is 0 Å². The summed E-state index contributed by atoms with van der Waals surface area (Å²) in [6.07, 6.45) is 2.88. The van der Waals surface area contributed by atoms with E-state index < -0.39 is 5.60 Å². The number of fused-ring (bicyclic) bond motifs is 1. The first kappa shape index (κ1) is 16.4. The Balaban J connectivity index is 1.67. The fourth-order valence-electron chi connectivity index (χ4n) is 3.14. The second-order valence-electron chi connectivity index (χ2n) is 6.06. The number of amides is 1. The van der Waals surface area contributed by atoms with Crippen LogP contribution in [0.25, 0.3) is 0 Å². The molecule has 0 fully saturated rings. The molecule has 4 nitrogen and oxygen atoms in total. The van der Waals surface area contributed by atoms with Gasteiger partial charge in [-0.15, -0.1) is 11.3 Å². The Morgan fingerprint density at radius 3 is 3.00 bits per heavy atom. The minimum atomic E-state index is -0.968. The van der Waals surface area contributed by atoms with E-state index in [4.69, 9.17) is 12.2 Å². The number of aromatic nitrogens is 1. The number of hydrogen-bond donors (Lipinski definition) is 3. The van der Waals surface area contributed by atoms with Gasteiger partial charge < -0.3 is 15.4 Å². The second kappa shape index (κ2) is 6.55. The van der Waals surface area contributed by atoms with Crippen molar-refractivity contribution in [2.24, 2.45) is 0 Å². The van der Waals surface area contributed by atoms with Crippen LogP contribution in [0.4, 0.5) is 0 Å². The van der Waals surface area contributed by atoms with Crippen LogP contribution in [0.5, 0.6) is 0 Å². The number of benzene rings is 1. The Labute approximate surface area is 144 Å². The first-order valence-electron chi connectivity index (χ1n) is 7.74. The van der Waals surface area contributed by atoms with E-state index in [0.29, 0.717) is 16.8 Å². The number of aliphatic hydroxyl groups is 1. The molecule has 6 heteroatoms. The van der Waals surface area contributed by atoms with E-state index in [9.17, 15) is 9.90 Å². The predicted octanol–water partition coefficient (Wildman–Crippen LogP) is 3.00. The Kier molecular flexibility index (Phi) is 4.66. The summed E-state index contributed by atoms with van der Waals surface area (Å²) in [7, 11) is 0. The van der Waals surface area contributed by atoms with Crippen LogP contribution in [0, 0.1) is 10.9 Å². The lowest BCUT2D eigenvalue weighted by Crippen LogP contribution is -2.43. The van der Waals surface area contributed by atoms with Gasteiger partial charge in [0.1, 0.15) is 5.60 Å². The van der Waals surface area contributed by atoms with Crippen LogP contribution >= 0.6 is 23.6 Å². The van der Waals surface area contributed by atoms with Crippen molar-refractivity contribution in [3.8, 4) is 0 Å². The van der Waals surface area contributed by atoms with E-state index >= 15 is 0 Å². The third-order valence-corrected chi connectivity index (χ3v) is 5.71. The molecule has 1 aromatic heterocycles. The average Bonchev–Trinajstić information content (AvgIpc) is 2.84. The molecule has 3 N–H and O–H groups in total. The lowest BCUT2D eigenvalue weighted by Gasteiger charge is -2.34. The van der Waals surface area contributed by atoms with Crippen molar-refractivity contribution in [2.75, 3.05) is 6.54 Å². The van der Waals surface area contributed by atoms with Crippen molar-refractivity contribution in [3.05, 3.63) is 49.9 Å². The van der Waals surface area contributed by atoms with Crippen molar-refractivity contribution in [1.82, 2.24) is 10.3 Å². The van der Waals surface area contributed by atoms with Gasteiger partial charge in [0.2, 0.25) is 5.91 Å². The zero-order valence-corrected chi connectivity index (χ0v) is 14.6. The monoisotopic (exact) mass is 348 g/mol. The molecule has 122 valence electrons. The molecule has 0 saturated carbocycles. The quantitative estimate of drug-likeness (QED) is 0.744. The summed E-state index contributed by atoms with van der Waals surface area (Å²) in [6, 6.07) is 7.94. The number of thiazole rings is 1. The maximum atomic E-state index is 12.2. The molecule has 1 aliphatic carbocycles. The van der Waals surface area contributed by atoms with Crippen LogP contribution in [0.3, 0.4) is 0 Å². The molecule has 2 aromatic rings. The zero-order chi connectivity index (χ0) is 16.4. The molecule has 0 aliphatic heterocycles. The molecule has 1 aromatic carbocycles. The van der Waals surface area contributed by atoms with Crippen LogP contribution in [0.1, 0.15) is 34.5 Å². The summed E-state index contributed by atoms with van der Waals surface area (Å²) in [6.45, 7) is 2.16. The number of aryl methyl sites for hydroxylation is 2. The normalized spacial score (nSPS) is 20.1. The van der Waals surface area contributed by atoms with E-state index in [2.05, 4.69) is 16.4 Å². The summed E-state index contributed by atoms with van der Waals surface area (Å²) < 4.78 is 0.685. The number of hydrogen-bond acceptors (Lipinski definition) is 4. The maximum absolute atomic E-state index is 12.2. The maximum Gasteiger partial charge on any atom is 0.225 e. The number of carbonyl (C=O) groups is 1. The summed E-state index contributed by atoms with van der Waals surface area (Å²) in [4.78, 5) is 16.2. The van der Waals surface area contributed by atoms with Crippen LogP contribution in [0.15, 0.2) is 24.3 Å². The molecule has 0 radical (unpaired) electrons. The molecule has 1 amide bonds. The Hall–Kier alpha value is -1.50. The third kappa shape index (κ3) is 3.54. The van der Waals surface area contributed by atoms with Gasteiger partial charge in [0.25, 0.3) is 0 Å². The number of carbonyl (C=O) groups excluding carboxylic acids is 1. The van der Waals surface area contributed by atoms with Gasteiger partial charge in [-0.3, -0.25) is 4.79 Å². The number of aromatic amines is 1. The molecule has 1 unspecified atom stereocenters. The minimum Gasteiger partial charge on any atom is -0.383 e. The Morgan fingerprint density at radius 2 is 2.26 bits per heavy atom. The lowest BCUT2D eigenvalue weighted by molar-refractivity contribution is -0.122. The van der Waals surface area contributed by atoms with Gasteiger partial charge in [0.05, 0.1) is 13.0 Å². The number of nitrogens with one attached hydrogen (secondary N) is 2. The fraction of sp³-hybridized carbons (Fsp3) is 0.412. The van der Waals surface area contributed by atoms with E-state index in [-0.39, 0.29) is 12.5 Å². The lowest BCUT2D eigenvalue weighted by atomic mass is 9.79. The summed E-state index contributed by atoms with van der Waals surface area (Å²) in [5, 5.41) is 13.9. The summed E-state index contributed by atoms with van der Waals surface area (Å²) in [5.74, 6) is -0.0881. The topological polar surface area (TPSA) is 65.1 Å². The van der Waals surface area contributed by atoms with Crippen LogP contribution in [-0.4, -0.2) is 22.5 Å². The van der Waals surface area contributed by atoms with Crippen molar-refractivity contribution in [1.29, 1.82) is 0 Å². The van der Waals surface area contributed by atoms with Crippen LogP contribution in [-0.2, 0) is 23.2 Å². The summed E-state index contributed by atoms with van der Waals surface area (Å²) in [5.41, 5.74) is 2.09. The molecule has 23 heavy (non-hydrogen) atoms. The fourth-order valence-corrected chi connectivity index (χ4v) is 4.43. The highest BCUT2D eigenvalue weighted by atomic mass is 32.1. The van der Waals surface area contributed by atoms with Crippen LogP contribution < -0.4 is 5.32 Å². The Bertz CT molecular complexity index is 781. The average molecular weight is 348 g/mol. The molecular formula is C17H20N2O2S2. The molecule has 1 heterocycles. The van der Waals surface area contributed by atoms with Crippen LogP contribution in [0.2, 0.25) is 0 Å². The highest BCUT2D eigenvalue weighted by Gasteiger charge is 2.34. The number of H-pyrrole nitrogens is 1. The summed E-state index contributed by atoms with van der Waals surface area (Å²) >= 11 is 6.52. The van der Waals surface area contributed by atoms with Gasteiger partial charge in [-0.25, -0.2) is 0 Å². The van der Waals surface area contributed by atoms with Crippen molar-refractivity contribution >= 4 is 29.5 Å². The standard InChI is InChI=1S/C17H20N2O2S2/c1-11-14(23-16(22)19-11)9-15(20)18-10-17(21)8-4-6-12-5-2-3-7-13(12)17/h2-3,5,7,21H,4,6,8-10H2,1H3,(H,18,20)(H,19,22). The molecule has 1 aliphatic rings. The highest BCUT2D eigenvalue weighted by molar-refractivity contribution is 7.73. The zero-order valence-electron chi connectivity index (χ0n) is 13.0. The molecule has 0 bridgehead atoms. The predicted molar refractivity (Wildman–Crippen MR) is 94.2 cm³/mol. The minimum absolute atomic E-state index is 0.0881. The number of rotatable bonds is 4. The van der Waals surface area contributed by atoms with E-state index in [1.165, 1.54) is 16.9 Å². The van der Waals surface area contributed by atoms with E-state index in [1.807, 2.05) is 25.1 Å². The smallest absolute Gasteiger partial charge is 0.225 e. The first-order chi connectivity index (χ1) is 11.0. The SMILES string of the molecule is Cc1[nH]c(=S)sc1CC(=O)NCC1(O)CCCc2ccccc21. The van der Waals surface area contributed by atoms with Crippen molar-refractivity contribution in [2.45, 2.75) is 38.2 Å². The van der Waals surface area contributed by atoms with Gasteiger partial charge in [-0.1, -0.05) is 24.3 Å². The van der Waals surface area contributed by atoms with Crippen molar-refractivity contribution in [3.63, 3.8) is 0 Å². The van der Waals surface area contributed by atoms with Gasteiger partial charge in [0, 0.05) is 10.6 Å². The van der Waals surface area contributed by atoms with E-state index in [0.717, 1.165) is 29.0 Å². The van der Waals surface area contributed by atoms with Crippen molar-refractivity contribution < 1.29 is 9.90 Å². The van der Waals surface area contributed by atoms with Gasteiger partial charge in [-0.2, -0.15) is 0 Å². The molecule has 0 saturated heterocycles. The molecular weight excluding hydrogens is 328 g/mol. The molecule has 1 atom stereocenters. The second-order valence-corrected chi connectivity index (χ2v) is 7.83. The van der Waals surface area contributed by atoms with Gasteiger partial charge in [0.15, 0.2) is 3.95 Å². The Morgan fingerprint density at radius 1 is 1.48 bits per heavy atom. The third-order valence-electron chi connectivity index (χ3n) is 4.38.